The minimum Gasteiger partial charge on any atom is -0.355 e. The highest BCUT2D eigenvalue weighted by atomic mass is 19.1. The molecule has 0 spiro atoms. The predicted octanol–water partition coefficient (Wildman–Crippen LogP) is 1.63. The number of aryl methyl sites for hydroxylation is 1. The van der Waals surface area contributed by atoms with E-state index >= 15 is 0 Å². The largest absolute Gasteiger partial charge is 0.355 e. The van der Waals surface area contributed by atoms with E-state index in [9.17, 15) is 14.0 Å². The molecule has 0 bridgehead atoms. The van der Waals surface area contributed by atoms with Crippen molar-refractivity contribution in [1.29, 1.82) is 0 Å². The van der Waals surface area contributed by atoms with E-state index < -0.39 is 0 Å². The molecule has 1 aromatic carbocycles. The van der Waals surface area contributed by atoms with Crippen LogP contribution in [0.4, 0.5) is 4.39 Å². The van der Waals surface area contributed by atoms with Gasteiger partial charge in [0.15, 0.2) is 5.82 Å². The van der Waals surface area contributed by atoms with Crippen molar-refractivity contribution in [2.45, 2.75) is 26.2 Å². The van der Waals surface area contributed by atoms with Crippen LogP contribution in [0.5, 0.6) is 0 Å². The van der Waals surface area contributed by atoms with Gasteiger partial charge < -0.3 is 14.8 Å². The number of nitrogens with one attached hydrogen (secondary N) is 1. The number of amides is 2. The van der Waals surface area contributed by atoms with Crippen molar-refractivity contribution in [1.82, 2.24) is 19.8 Å². The summed E-state index contributed by atoms with van der Waals surface area (Å²) < 4.78 is 15.6. The Morgan fingerprint density at radius 2 is 2.20 bits per heavy atom. The number of nitrogens with zero attached hydrogens (tertiary/aromatic N) is 3. The van der Waals surface area contributed by atoms with Crippen molar-refractivity contribution < 1.29 is 14.0 Å². The summed E-state index contributed by atoms with van der Waals surface area (Å²) in [4.78, 5) is 29.9. The van der Waals surface area contributed by atoms with Gasteiger partial charge in [-0.2, -0.15) is 0 Å². The van der Waals surface area contributed by atoms with Gasteiger partial charge in [0, 0.05) is 40.0 Å². The maximum Gasteiger partial charge on any atom is 0.224 e. The summed E-state index contributed by atoms with van der Waals surface area (Å²) in [7, 11) is 1.85. The monoisotopic (exact) mass is 346 g/mol. The number of hydrogen-bond donors (Lipinski definition) is 1. The van der Waals surface area contributed by atoms with Crippen LogP contribution in [0.15, 0.2) is 18.2 Å². The minimum absolute atomic E-state index is 0.0132. The first kappa shape index (κ1) is 17.4. The van der Waals surface area contributed by atoms with Crippen molar-refractivity contribution in [2.24, 2.45) is 13.0 Å². The molecule has 0 radical (unpaired) electrons. The average molecular weight is 346 g/mol. The lowest BCUT2D eigenvalue weighted by molar-refractivity contribution is -0.133. The van der Waals surface area contributed by atoms with Crippen LogP contribution in [0.2, 0.25) is 0 Å². The van der Waals surface area contributed by atoms with Gasteiger partial charge in [-0.25, -0.2) is 9.37 Å². The zero-order chi connectivity index (χ0) is 18.0. The topological polar surface area (TPSA) is 67.2 Å². The third-order valence-electron chi connectivity index (χ3n) is 4.84. The molecular weight excluding hydrogens is 323 g/mol. The number of aromatic nitrogens is 2. The van der Waals surface area contributed by atoms with Gasteiger partial charge in [0.2, 0.25) is 11.8 Å². The van der Waals surface area contributed by atoms with Gasteiger partial charge >= 0.3 is 0 Å². The lowest BCUT2D eigenvalue weighted by atomic mass is 9.97. The maximum atomic E-state index is 13.8. The number of likely N-dealkylation sites (tertiary alicyclic amines) is 1. The molecule has 1 N–H and O–H groups in total. The molecule has 1 aliphatic heterocycles. The van der Waals surface area contributed by atoms with Crippen LogP contribution in [0.1, 0.15) is 25.6 Å². The summed E-state index contributed by atoms with van der Waals surface area (Å²) in [6, 6.07) is 4.88. The van der Waals surface area contributed by atoms with E-state index in [4.69, 9.17) is 0 Å². The number of hydrogen-bond acceptors (Lipinski definition) is 3. The highest BCUT2D eigenvalue weighted by molar-refractivity contribution is 5.80. The maximum absolute atomic E-state index is 13.8. The number of para-hydroxylation sites is 1. The number of piperidine rings is 1. The standard InChI is InChI=1S/C18H23FN4O2/c1-12(24)23-10-4-5-13(11-23)18(25)20-9-8-16-21-17-14(19)6-3-7-15(17)22(16)2/h3,6-7,13H,4-5,8-11H2,1-2H3,(H,20,25). The second-order valence-corrected chi connectivity index (χ2v) is 6.54. The van der Waals surface area contributed by atoms with E-state index in [0.717, 1.165) is 30.7 Å². The van der Waals surface area contributed by atoms with Crippen LogP contribution in [-0.4, -0.2) is 45.9 Å². The fourth-order valence-corrected chi connectivity index (χ4v) is 3.37. The van der Waals surface area contributed by atoms with Crippen LogP contribution >= 0.6 is 0 Å². The summed E-state index contributed by atoms with van der Waals surface area (Å²) in [6.07, 6.45) is 2.17. The zero-order valence-corrected chi connectivity index (χ0v) is 14.6. The molecule has 7 heteroatoms. The van der Waals surface area contributed by atoms with Crippen molar-refractivity contribution in [3.63, 3.8) is 0 Å². The van der Waals surface area contributed by atoms with Gasteiger partial charge in [-0.05, 0) is 25.0 Å². The first-order valence-electron chi connectivity index (χ1n) is 8.60. The highest BCUT2D eigenvalue weighted by Gasteiger charge is 2.26. The van der Waals surface area contributed by atoms with Crippen LogP contribution < -0.4 is 5.32 Å². The van der Waals surface area contributed by atoms with Crippen LogP contribution in [0.25, 0.3) is 11.0 Å². The van der Waals surface area contributed by atoms with Gasteiger partial charge in [0.1, 0.15) is 11.3 Å². The minimum atomic E-state index is -0.338. The number of halogens is 1. The lowest BCUT2D eigenvalue weighted by Gasteiger charge is -2.31. The SMILES string of the molecule is CC(=O)N1CCCC(C(=O)NCCc2nc3c(F)cccc3n2C)C1. The van der Waals surface area contributed by atoms with Gasteiger partial charge in [0.25, 0.3) is 0 Å². The van der Waals surface area contributed by atoms with Crippen molar-refractivity contribution in [2.75, 3.05) is 19.6 Å². The van der Waals surface area contributed by atoms with Crippen molar-refractivity contribution in [3.05, 3.63) is 29.8 Å². The molecule has 134 valence electrons. The fraction of sp³-hybridized carbons (Fsp3) is 0.500. The molecule has 2 amide bonds. The Morgan fingerprint density at radius 1 is 1.40 bits per heavy atom. The average Bonchev–Trinajstić information content (AvgIpc) is 2.93. The summed E-state index contributed by atoms with van der Waals surface area (Å²) in [6.45, 7) is 3.18. The molecule has 1 fully saturated rings. The van der Waals surface area contributed by atoms with Gasteiger partial charge in [-0.3, -0.25) is 9.59 Å². The Kier molecular flexibility index (Phi) is 5.01. The first-order chi connectivity index (χ1) is 12.0. The number of rotatable bonds is 4. The molecule has 2 aromatic rings. The van der Waals surface area contributed by atoms with E-state index in [1.807, 2.05) is 17.7 Å². The number of carbonyl (C=O) groups is 2. The van der Waals surface area contributed by atoms with Crippen LogP contribution in [0.3, 0.4) is 0 Å². The number of carbonyl (C=O) groups excluding carboxylic acids is 2. The molecule has 6 nitrogen and oxygen atoms in total. The van der Waals surface area contributed by atoms with Gasteiger partial charge in [0.05, 0.1) is 11.4 Å². The summed E-state index contributed by atoms with van der Waals surface area (Å²) in [5, 5.41) is 2.92. The van der Waals surface area contributed by atoms with E-state index in [1.54, 1.807) is 11.0 Å². The molecule has 1 atom stereocenters. The van der Waals surface area contributed by atoms with E-state index in [0.29, 0.717) is 25.0 Å². The normalized spacial score (nSPS) is 17.7. The number of benzene rings is 1. The zero-order valence-electron chi connectivity index (χ0n) is 14.6. The van der Waals surface area contributed by atoms with E-state index in [-0.39, 0.29) is 23.5 Å². The quantitative estimate of drug-likeness (QED) is 0.915. The Balaban J connectivity index is 1.58. The van der Waals surface area contributed by atoms with Crippen molar-refractivity contribution in [3.8, 4) is 0 Å². The van der Waals surface area contributed by atoms with Gasteiger partial charge in [-0.1, -0.05) is 6.07 Å². The number of imidazole rings is 1. The lowest BCUT2D eigenvalue weighted by Crippen LogP contribution is -2.45. The third-order valence-corrected chi connectivity index (χ3v) is 4.84. The van der Waals surface area contributed by atoms with E-state index in [2.05, 4.69) is 10.3 Å². The van der Waals surface area contributed by atoms with Crippen LogP contribution in [-0.2, 0) is 23.1 Å². The van der Waals surface area contributed by atoms with Gasteiger partial charge in [-0.15, -0.1) is 0 Å². The smallest absolute Gasteiger partial charge is 0.224 e. The third kappa shape index (κ3) is 3.65. The molecular formula is C18H23FN4O2. The first-order valence-corrected chi connectivity index (χ1v) is 8.60. The summed E-state index contributed by atoms with van der Waals surface area (Å²) >= 11 is 0. The Morgan fingerprint density at radius 3 is 2.92 bits per heavy atom. The summed E-state index contributed by atoms with van der Waals surface area (Å²) in [5.74, 6) is 0.218. The molecule has 3 rings (SSSR count). The molecule has 25 heavy (non-hydrogen) atoms. The van der Waals surface area contributed by atoms with Crippen LogP contribution in [0, 0.1) is 11.7 Å². The molecule has 1 aliphatic rings. The fourth-order valence-electron chi connectivity index (χ4n) is 3.37. The molecule has 1 aromatic heterocycles. The van der Waals surface area contributed by atoms with E-state index in [1.165, 1.54) is 13.0 Å². The predicted molar refractivity (Wildman–Crippen MR) is 92.4 cm³/mol. The van der Waals surface area contributed by atoms with Crippen molar-refractivity contribution >= 4 is 22.8 Å². The molecule has 0 aliphatic carbocycles. The Labute approximate surface area is 146 Å². The Hall–Kier alpha value is -2.44. The molecule has 1 unspecified atom stereocenters. The Bertz CT molecular complexity index is 802. The molecule has 1 saturated heterocycles. The number of fused-ring (bicyclic) bond motifs is 1. The highest BCUT2D eigenvalue weighted by Crippen LogP contribution is 2.19. The second kappa shape index (κ2) is 7.21. The second-order valence-electron chi connectivity index (χ2n) is 6.54. The molecule has 0 saturated carbocycles. The molecule has 2 heterocycles. The summed E-state index contributed by atoms with van der Waals surface area (Å²) in [5.41, 5.74) is 1.10.